The SMILES string of the molecule is COc1ncccc1NC(=O)NCCCN1CCCC[C@@H]1C. The van der Waals surface area contributed by atoms with Crippen molar-refractivity contribution in [3.63, 3.8) is 0 Å². The standard InChI is InChI=1S/C16H26N4O2/c1-13-7-3-4-11-20(13)12-6-10-18-16(21)19-14-8-5-9-17-15(14)22-2/h5,8-9,13H,3-4,6-7,10-12H2,1-2H3,(H2,18,19,21)/t13-/m0/s1. The number of nitrogens with zero attached hydrogens (tertiary/aromatic N) is 2. The van der Waals surface area contributed by atoms with Gasteiger partial charge in [0.1, 0.15) is 5.69 Å². The van der Waals surface area contributed by atoms with E-state index in [2.05, 4.69) is 27.4 Å². The number of hydrogen-bond acceptors (Lipinski definition) is 4. The van der Waals surface area contributed by atoms with E-state index < -0.39 is 0 Å². The number of piperidine rings is 1. The van der Waals surface area contributed by atoms with Crippen LogP contribution < -0.4 is 15.4 Å². The summed E-state index contributed by atoms with van der Waals surface area (Å²) in [4.78, 5) is 18.4. The predicted octanol–water partition coefficient (Wildman–Crippen LogP) is 2.48. The first-order valence-corrected chi connectivity index (χ1v) is 7.98. The molecule has 0 saturated carbocycles. The highest BCUT2D eigenvalue weighted by Gasteiger charge is 2.17. The van der Waals surface area contributed by atoms with Crippen molar-refractivity contribution in [2.75, 3.05) is 32.1 Å². The van der Waals surface area contributed by atoms with Gasteiger partial charge in [0.25, 0.3) is 0 Å². The van der Waals surface area contributed by atoms with E-state index in [1.807, 2.05) is 0 Å². The monoisotopic (exact) mass is 306 g/mol. The molecule has 0 aromatic carbocycles. The van der Waals surface area contributed by atoms with Crippen molar-refractivity contribution in [1.29, 1.82) is 0 Å². The highest BCUT2D eigenvalue weighted by atomic mass is 16.5. The summed E-state index contributed by atoms with van der Waals surface area (Å²) < 4.78 is 5.10. The molecule has 1 aromatic heterocycles. The summed E-state index contributed by atoms with van der Waals surface area (Å²) in [5, 5.41) is 5.63. The second-order valence-corrected chi connectivity index (χ2v) is 5.68. The van der Waals surface area contributed by atoms with Gasteiger partial charge in [-0.2, -0.15) is 0 Å². The number of urea groups is 1. The lowest BCUT2D eigenvalue weighted by Crippen LogP contribution is -2.39. The van der Waals surface area contributed by atoms with Crippen molar-refractivity contribution in [1.82, 2.24) is 15.2 Å². The number of methoxy groups -OCH3 is 1. The molecule has 22 heavy (non-hydrogen) atoms. The van der Waals surface area contributed by atoms with Gasteiger partial charge < -0.3 is 20.3 Å². The van der Waals surface area contributed by atoms with Crippen LogP contribution >= 0.6 is 0 Å². The maximum absolute atomic E-state index is 11.9. The number of likely N-dealkylation sites (tertiary alicyclic amines) is 1. The van der Waals surface area contributed by atoms with Crippen LogP contribution in [0.3, 0.4) is 0 Å². The third-order valence-corrected chi connectivity index (χ3v) is 4.06. The number of nitrogens with one attached hydrogen (secondary N) is 2. The zero-order valence-electron chi connectivity index (χ0n) is 13.5. The van der Waals surface area contributed by atoms with E-state index in [0.717, 1.165) is 13.0 Å². The average molecular weight is 306 g/mol. The van der Waals surface area contributed by atoms with Gasteiger partial charge in [-0.3, -0.25) is 0 Å². The lowest BCUT2D eigenvalue weighted by Gasteiger charge is -2.33. The minimum absolute atomic E-state index is 0.224. The van der Waals surface area contributed by atoms with E-state index in [0.29, 0.717) is 24.2 Å². The van der Waals surface area contributed by atoms with Crippen LogP contribution in [0.4, 0.5) is 10.5 Å². The molecule has 1 saturated heterocycles. The number of carbonyl (C=O) groups is 1. The van der Waals surface area contributed by atoms with Gasteiger partial charge >= 0.3 is 6.03 Å². The van der Waals surface area contributed by atoms with E-state index in [1.165, 1.54) is 32.9 Å². The van der Waals surface area contributed by atoms with Crippen molar-refractivity contribution in [2.24, 2.45) is 0 Å². The van der Waals surface area contributed by atoms with Crippen LogP contribution in [0.1, 0.15) is 32.6 Å². The molecule has 2 N–H and O–H groups in total. The van der Waals surface area contributed by atoms with Crippen LogP contribution in [-0.4, -0.2) is 48.7 Å². The van der Waals surface area contributed by atoms with Crippen LogP contribution in [-0.2, 0) is 0 Å². The Morgan fingerprint density at radius 1 is 1.50 bits per heavy atom. The van der Waals surface area contributed by atoms with Crippen molar-refractivity contribution < 1.29 is 9.53 Å². The van der Waals surface area contributed by atoms with Crippen molar-refractivity contribution in [2.45, 2.75) is 38.6 Å². The Bertz CT molecular complexity index is 481. The van der Waals surface area contributed by atoms with E-state index in [-0.39, 0.29) is 6.03 Å². The summed E-state index contributed by atoms with van der Waals surface area (Å²) in [6.45, 7) is 5.17. The molecular weight excluding hydrogens is 280 g/mol. The highest BCUT2D eigenvalue weighted by Crippen LogP contribution is 2.19. The Hall–Kier alpha value is -1.82. The molecule has 0 radical (unpaired) electrons. The van der Waals surface area contributed by atoms with Gasteiger partial charge in [0.2, 0.25) is 5.88 Å². The maximum atomic E-state index is 11.9. The predicted molar refractivity (Wildman–Crippen MR) is 87.3 cm³/mol. The molecule has 2 amide bonds. The number of amides is 2. The van der Waals surface area contributed by atoms with Crippen LogP contribution in [0.5, 0.6) is 5.88 Å². The molecule has 6 nitrogen and oxygen atoms in total. The first-order chi connectivity index (χ1) is 10.7. The Balaban J connectivity index is 1.67. The molecule has 1 atom stereocenters. The Labute approximate surface area is 132 Å². The quantitative estimate of drug-likeness (QED) is 0.792. The zero-order valence-corrected chi connectivity index (χ0v) is 13.5. The number of aromatic nitrogens is 1. The fourth-order valence-corrected chi connectivity index (χ4v) is 2.79. The number of hydrogen-bond donors (Lipinski definition) is 2. The van der Waals surface area contributed by atoms with Crippen molar-refractivity contribution in [3.05, 3.63) is 18.3 Å². The number of ether oxygens (including phenoxy) is 1. The fraction of sp³-hybridized carbons (Fsp3) is 0.625. The summed E-state index contributed by atoms with van der Waals surface area (Å²) in [5.41, 5.74) is 0.576. The molecule has 1 aliphatic heterocycles. The number of rotatable bonds is 6. The third kappa shape index (κ3) is 4.87. The Morgan fingerprint density at radius 2 is 2.36 bits per heavy atom. The van der Waals surface area contributed by atoms with Gasteiger partial charge in [-0.25, -0.2) is 9.78 Å². The largest absolute Gasteiger partial charge is 0.480 e. The molecule has 122 valence electrons. The normalized spacial score (nSPS) is 18.7. The van der Waals surface area contributed by atoms with Crippen LogP contribution in [0.25, 0.3) is 0 Å². The fourth-order valence-electron chi connectivity index (χ4n) is 2.79. The lowest BCUT2D eigenvalue weighted by molar-refractivity contribution is 0.159. The molecule has 0 bridgehead atoms. The van der Waals surface area contributed by atoms with Crippen molar-refractivity contribution in [3.8, 4) is 5.88 Å². The summed E-state index contributed by atoms with van der Waals surface area (Å²) >= 11 is 0. The second-order valence-electron chi connectivity index (χ2n) is 5.68. The van der Waals surface area contributed by atoms with Crippen LogP contribution in [0, 0.1) is 0 Å². The first-order valence-electron chi connectivity index (χ1n) is 7.98. The molecule has 1 aromatic rings. The zero-order chi connectivity index (χ0) is 15.8. The molecular formula is C16H26N4O2. The summed E-state index contributed by atoms with van der Waals surface area (Å²) in [7, 11) is 1.53. The molecule has 2 rings (SSSR count). The van der Waals surface area contributed by atoms with Gasteiger partial charge in [-0.15, -0.1) is 0 Å². The van der Waals surface area contributed by atoms with Gasteiger partial charge in [-0.1, -0.05) is 6.42 Å². The Kier molecular flexibility index (Phi) is 6.45. The summed E-state index contributed by atoms with van der Waals surface area (Å²) in [5.74, 6) is 0.416. The average Bonchev–Trinajstić information content (AvgIpc) is 2.53. The van der Waals surface area contributed by atoms with Crippen molar-refractivity contribution >= 4 is 11.7 Å². The number of carbonyl (C=O) groups excluding carboxylic acids is 1. The molecule has 0 aliphatic carbocycles. The summed E-state index contributed by atoms with van der Waals surface area (Å²) in [6, 6.07) is 3.97. The molecule has 1 fully saturated rings. The van der Waals surface area contributed by atoms with Gasteiger partial charge in [0.05, 0.1) is 7.11 Å². The number of pyridine rings is 1. The smallest absolute Gasteiger partial charge is 0.319 e. The minimum Gasteiger partial charge on any atom is -0.480 e. The lowest BCUT2D eigenvalue weighted by atomic mass is 10.0. The molecule has 6 heteroatoms. The molecule has 1 aliphatic rings. The van der Waals surface area contributed by atoms with Crippen LogP contribution in [0.15, 0.2) is 18.3 Å². The third-order valence-electron chi connectivity index (χ3n) is 4.06. The topological polar surface area (TPSA) is 66.5 Å². The molecule has 0 spiro atoms. The second kappa shape index (κ2) is 8.58. The van der Waals surface area contributed by atoms with E-state index >= 15 is 0 Å². The highest BCUT2D eigenvalue weighted by molar-refractivity contribution is 5.90. The minimum atomic E-state index is -0.224. The molecule has 0 unspecified atom stereocenters. The van der Waals surface area contributed by atoms with E-state index in [4.69, 9.17) is 4.74 Å². The first kappa shape index (κ1) is 16.5. The Morgan fingerprint density at radius 3 is 3.14 bits per heavy atom. The van der Waals surface area contributed by atoms with Gasteiger partial charge in [-0.05, 0) is 44.9 Å². The van der Waals surface area contributed by atoms with E-state index in [9.17, 15) is 4.79 Å². The van der Waals surface area contributed by atoms with Crippen LogP contribution in [0.2, 0.25) is 0 Å². The van der Waals surface area contributed by atoms with Gasteiger partial charge in [0.15, 0.2) is 0 Å². The molecule has 2 heterocycles. The van der Waals surface area contributed by atoms with E-state index in [1.54, 1.807) is 18.3 Å². The summed E-state index contributed by atoms with van der Waals surface area (Å²) in [6.07, 6.45) is 6.50. The van der Waals surface area contributed by atoms with Gasteiger partial charge in [0, 0.05) is 25.3 Å². The number of anilines is 1. The maximum Gasteiger partial charge on any atom is 0.319 e.